The first-order valence-corrected chi connectivity index (χ1v) is 5.87. The van der Waals surface area contributed by atoms with E-state index in [0.717, 1.165) is 17.2 Å². The monoisotopic (exact) mass is 216 g/mol. The van der Waals surface area contributed by atoms with Crippen LogP contribution >= 0.6 is 0 Å². The van der Waals surface area contributed by atoms with Crippen LogP contribution in [0.1, 0.15) is 49.7 Å². The second kappa shape index (κ2) is 3.56. The molecule has 1 aliphatic rings. The summed E-state index contributed by atoms with van der Waals surface area (Å²) in [5, 5.41) is 8.54. The second-order valence-electron chi connectivity index (χ2n) is 4.62. The smallest absolute Gasteiger partial charge is 0.161 e. The molecule has 0 spiro atoms. The molecule has 2 N–H and O–H groups in total. The molecule has 1 unspecified atom stereocenters. The summed E-state index contributed by atoms with van der Waals surface area (Å²) in [6, 6.07) is 6.05. The third-order valence-electron chi connectivity index (χ3n) is 3.42. The number of pyridine rings is 1. The van der Waals surface area contributed by atoms with Crippen LogP contribution in [0.25, 0.3) is 5.65 Å². The number of nitrogens with zero attached hydrogens (tertiary/aromatic N) is 3. The maximum atomic E-state index is 5.99. The van der Waals surface area contributed by atoms with E-state index in [1.807, 2.05) is 19.1 Å². The Hall–Kier alpha value is -1.42. The Balaban J connectivity index is 2.21. The van der Waals surface area contributed by atoms with Gasteiger partial charge in [-0.15, -0.1) is 10.2 Å². The van der Waals surface area contributed by atoms with Crippen molar-refractivity contribution < 1.29 is 0 Å². The molecule has 2 aromatic heterocycles. The molecule has 0 bridgehead atoms. The predicted octanol–water partition coefficient (Wildman–Crippen LogP) is 2.02. The number of hydrogen-bond donors (Lipinski definition) is 1. The second-order valence-corrected chi connectivity index (χ2v) is 4.62. The Labute approximate surface area is 94.5 Å². The molecular formula is C12H16N4. The molecule has 0 amide bonds. The van der Waals surface area contributed by atoms with Gasteiger partial charge in [-0.25, -0.2) is 0 Å². The maximum Gasteiger partial charge on any atom is 0.161 e. The third kappa shape index (κ3) is 1.33. The molecule has 1 atom stereocenters. The lowest BCUT2D eigenvalue weighted by atomic mass is 9.85. The van der Waals surface area contributed by atoms with E-state index in [1.165, 1.54) is 19.3 Å². The van der Waals surface area contributed by atoms with Crippen molar-refractivity contribution in [3.8, 4) is 0 Å². The average molecular weight is 216 g/mol. The Morgan fingerprint density at radius 2 is 2.19 bits per heavy atom. The van der Waals surface area contributed by atoms with Crippen LogP contribution in [0.2, 0.25) is 0 Å². The normalized spacial score (nSPS) is 18.6. The van der Waals surface area contributed by atoms with E-state index in [4.69, 9.17) is 5.73 Å². The molecule has 1 saturated carbocycles. The van der Waals surface area contributed by atoms with E-state index in [2.05, 4.69) is 20.7 Å². The minimum absolute atomic E-state index is 0.0125. The number of nitrogens with two attached hydrogens (primary N) is 1. The Kier molecular flexibility index (Phi) is 2.17. The summed E-state index contributed by atoms with van der Waals surface area (Å²) in [5.41, 5.74) is 8.01. The molecule has 2 aromatic rings. The zero-order valence-electron chi connectivity index (χ0n) is 9.43. The standard InChI is InChI=1S/C12H16N4/c1-8(13)10-6-3-7-11-14-15-12(16(10)11)9-4-2-5-9/h3,6-9H,2,4-5,13H2,1H3. The fourth-order valence-electron chi connectivity index (χ4n) is 2.28. The van der Waals surface area contributed by atoms with E-state index in [0.29, 0.717) is 5.92 Å². The summed E-state index contributed by atoms with van der Waals surface area (Å²) < 4.78 is 2.13. The Morgan fingerprint density at radius 1 is 1.38 bits per heavy atom. The lowest BCUT2D eigenvalue weighted by Gasteiger charge is -2.24. The van der Waals surface area contributed by atoms with Gasteiger partial charge in [0.25, 0.3) is 0 Å². The van der Waals surface area contributed by atoms with Crippen LogP contribution in [-0.2, 0) is 0 Å². The summed E-state index contributed by atoms with van der Waals surface area (Å²) in [7, 11) is 0. The van der Waals surface area contributed by atoms with E-state index >= 15 is 0 Å². The molecule has 0 saturated heterocycles. The van der Waals surface area contributed by atoms with Gasteiger partial charge in [-0.2, -0.15) is 0 Å². The van der Waals surface area contributed by atoms with Gasteiger partial charge in [0.1, 0.15) is 5.82 Å². The van der Waals surface area contributed by atoms with Gasteiger partial charge in [-0.05, 0) is 31.9 Å². The van der Waals surface area contributed by atoms with Gasteiger partial charge in [-0.3, -0.25) is 4.40 Å². The van der Waals surface area contributed by atoms with Crippen LogP contribution in [0.5, 0.6) is 0 Å². The number of rotatable bonds is 2. The van der Waals surface area contributed by atoms with Crippen LogP contribution < -0.4 is 5.73 Å². The summed E-state index contributed by atoms with van der Waals surface area (Å²) >= 11 is 0. The Morgan fingerprint density at radius 3 is 2.81 bits per heavy atom. The Bertz CT molecular complexity index is 511. The van der Waals surface area contributed by atoms with Crippen molar-refractivity contribution in [2.24, 2.45) is 5.73 Å². The molecular weight excluding hydrogens is 200 g/mol. The van der Waals surface area contributed by atoms with Crippen LogP contribution in [0.15, 0.2) is 18.2 Å². The number of aromatic nitrogens is 3. The number of hydrogen-bond acceptors (Lipinski definition) is 3. The topological polar surface area (TPSA) is 56.2 Å². The van der Waals surface area contributed by atoms with Crippen LogP contribution in [0.3, 0.4) is 0 Å². The highest BCUT2D eigenvalue weighted by Gasteiger charge is 2.25. The highest BCUT2D eigenvalue weighted by atomic mass is 15.3. The SMILES string of the molecule is CC(N)c1cccc2nnc(C3CCC3)n12. The first-order valence-electron chi connectivity index (χ1n) is 5.87. The van der Waals surface area contributed by atoms with Crippen molar-refractivity contribution in [2.75, 3.05) is 0 Å². The van der Waals surface area contributed by atoms with Crippen molar-refractivity contribution in [3.05, 3.63) is 29.7 Å². The van der Waals surface area contributed by atoms with Crippen molar-refractivity contribution >= 4 is 5.65 Å². The van der Waals surface area contributed by atoms with E-state index in [9.17, 15) is 0 Å². The highest BCUT2D eigenvalue weighted by molar-refractivity contribution is 5.41. The van der Waals surface area contributed by atoms with Gasteiger partial charge in [0.2, 0.25) is 0 Å². The van der Waals surface area contributed by atoms with E-state index < -0.39 is 0 Å². The average Bonchev–Trinajstić information content (AvgIpc) is 2.59. The molecule has 4 nitrogen and oxygen atoms in total. The molecule has 0 aliphatic heterocycles. The lowest BCUT2D eigenvalue weighted by molar-refractivity contribution is 0.397. The van der Waals surface area contributed by atoms with Gasteiger partial charge >= 0.3 is 0 Å². The molecule has 2 heterocycles. The van der Waals surface area contributed by atoms with Crippen LogP contribution in [0.4, 0.5) is 0 Å². The highest BCUT2D eigenvalue weighted by Crippen LogP contribution is 2.35. The molecule has 16 heavy (non-hydrogen) atoms. The fourth-order valence-corrected chi connectivity index (χ4v) is 2.28. The van der Waals surface area contributed by atoms with E-state index in [1.54, 1.807) is 0 Å². The fraction of sp³-hybridized carbons (Fsp3) is 0.500. The van der Waals surface area contributed by atoms with Crippen molar-refractivity contribution in [2.45, 2.75) is 38.1 Å². The summed E-state index contributed by atoms with van der Waals surface area (Å²) in [5.74, 6) is 1.67. The molecule has 0 aromatic carbocycles. The quantitative estimate of drug-likeness (QED) is 0.835. The van der Waals surface area contributed by atoms with Crippen LogP contribution in [-0.4, -0.2) is 14.6 Å². The molecule has 3 rings (SSSR count). The lowest BCUT2D eigenvalue weighted by Crippen LogP contribution is -2.17. The zero-order chi connectivity index (χ0) is 11.1. The van der Waals surface area contributed by atoms with Gasteiger partial charge in [0.05, 0.1) is 0 Å². The zero-order valence-corrected chi connectivity index (χ0v) is 9.43. The summed E-state index contributed by atoms with van der Waals surface area (Å²) in [4.78, 5) is 0. The maximum absolute atomic E-state index is 5.99. The molecule has 84 valence electrons. The molecule has 0 radical (unpaired) electrons. The third-order valence-corrected chi connectivity index (χ3v) is 3.42. The van der Waals surface area contributed by atoms with E-state index in [-0.39, 0.29) is 6.04 Å². The van der Waals surface area contributed by atoms with Gasteiger partial charge < -0.3 is 5.73 Å². The molecule has 1 aliphatic carbocycles. The molecule has 1 fully saturated rings. The first-order chi connectivity index (χ1) is 7.77. The van der Waals surface area contributed by atoms with Gasteiger partial charge in [0, 0.05) is 17.7 Å². The minimum atomic E-state index is 0.0125. The van der Waals surface area contributed by atoms with Crippen molar-refractivity contribution in [1.82, 2.24) is 14.6 Å². The largest absolute Gasteiger partial charge is 0.323 e. The minimum Gasteiger partial charge on any atom is -0.323 e. The van der Waals surface area contributed by atoms with Crippen molar-refractivity contribution in [3.63, 3.8) is 0 Å². The first kappa shape index (κ1) is 9.78. The summed E-state index contributed by atoms with van der Waals surface area (Å²) in [6.07, 6.45) is 3.77. The summed E-state index contributed by atoms with van der Waals surface area (Å²) in [6.45, 7) is 2.00. The van der Waals surface area contributed by atoms with Crippen molar-refractivity contribution in [1.29, 1.82) is 0 Å². The number of fused-ring (bicyclic) bond motifs is 1. The predicted molar refractivity (Wildman–Crippen MR) is 62.2 cm³/mol. The molecule has 4 heteroatoms. The van der Waals surface area contributed by atoms with Crippen LogP contribution in [0, 0.1) is 0 Å². The van der Waals surface area contributed by atoms with Gasteiger partial charge in [0.15, 0.2) is 5.65 Å². The van der Waals surface area contributed by atoms with Gasteiger partial charge in [-0.1, -0.05) is 12.5 Å².